The standard InChI is InChI=1S/C23H26N4O3/c1-15(2)16-4-3-5-20(12-16)27-14-17(13-21(27)28)22(29)25-18-6-8-19(9-7-18)26-11-10-24-23(26)30/h3-9,12,15,17H,10-11,13-14H2,1-2H3,(H,24,30)(H,25,29)/t17-/m1/s1. The molecule has 2 heterocycles. The van der Waals surface area contributed by atoms with Gasteiger partial charge in [-0.25, -0.2) is 4.79 Å². The zero-order chi connectivity index (χ0) is 21.3. The third-order valence-corrected chi connectivity index (χ3v) is 5.65. The van der Waals surface area contributed by atoms with Gasteiger partial charge in [-0.3, -0.25) is 14.5 Å². The lowest BCUT2D eigenvalue weighted by molar-refractivity contribution is -0.122. The van der Waals surface area contributed by atoms with Gasteiger partial charge in [0.15, 0.2) is 0 Å². The normalized spacial score (nSPS) is 18.8. The molecular formula is C23H26N4O3. The van der Waals surface area contributed by atoms with Crippen molar-refractivity contribution in [2.75, 3.05) is 34.8 Å². The van der Waals surface area contributed by atoms with E-state index >= 15 is 0 Å². The van der Waals surface area contributed by atoms with E-state index in [0.29, 0.717) is 31.2 Å². The lowest BCUT2D eigenvalue weighted by Crippen LogP contribution is -2.28. The van der Waals surface area contributed by atoms with E-state index in [0.717, 1.165) is 11.4 Å². The van der Waals surface area contributed by atoms with Crippen LogP contribution in [0.5, 0.6) is 0 Å². The van der Waals surface area contributed by atoms with Gasteiger partial charge in [-0.1, -0.05) is 26.0 Å². The highest BCUT2D eigenvalue weighted by atomic mass is 16.2. The number of anilines is 3. The van der Waals surface area contributed by atoms with E-state index in [4.69, 9.17) is 0 Å². The molecule has 156 valence electrons. The van der Waals surface area contributed by atoms with Gasteiger partial charge >= 0.3 is 6.03 Å². The maximum Gasteiger partial charge on any atom is 0.321 e. The third-order valence-electron chi connectivity index (χ3n) is 5.65. The molecule has 7 heteroatoms. The van der Waals surface area contributed by atoms with Gasteiger partial charge in [-0.15, -0.1) is 0 Å². The van der Waals surface area contributed by atoms with Crippen LogP contribution in [0.2, 0.25) is 0 Å². The number of carbonyl (C=O) groups excluding carboxylic acids is 3. The molecule has 2 aromatic carbocycles. The van der Waals surface area contributed by atoms with Crippen LogP contribution >= 0.6 is 0 Å². The monoisotopic (exact) mass is 406 g/mol. The van der Waals surface area contributed by atoms with Crippen LogP contribution in [-0.4, -0.2) is 37.5 Å². The number of hydrogen-bond acceptors (Lipinski definition) is 3. The first-order valence-electron chi connectivity index (χ1n) is 10.3. The van der Waals surface area contributed by atoms with Crippen LogP contribution in [0.25, 0.3) is 0 Å². The van der Waals surface area contributed by atoms with Crippen molar-refractivity contribution in [2.24, 2.45) is 5.92 Å². The van der Waals surface area contributed by atoms with Crippen molar-refractivity contribution in [1.82, 2.24) is 5.32 Å². The summed E-state index contributed by atoms with van der Waals surface area (Å²) in [7, 11) is 0. The van der Waals surface area contributed by atoms with Crippen LogP contribution in [0.4, 0.5) is 21.9 Å². The molecule has 2 aliphatic rings. The van der Waals surface area contributed by atoms with Gasteiger partial charge in [0.05, 0.1) is 5.92 Å². The summed E-state index contributed by atoms with van der Waals surface area (Å²) in [6.07, 6.45) is 0.198. The second kappa shape index (κ2) is 8.18. The van der Waals surface area contributed by atoms with E-state index in [9.17, 15) is 14.4 Å². The molecule has 30 heavy (non-hydrogen) atoms. The van der Waals surface area contributed by atoms with E-state index < -0.39 is 5.92 Å². The second-order valence-corrected chi connectivity index (χ2v) is 8.07. The number of urea groups is 1. The Bertz CT molecular complexity index is 971. The molecule has 2 saturated heterocycles. The maximum atomic E-state index is 12.7. The molecule has 4 rings (SSSR count). The Morgan fingerprint density at radius 2 is 1.83 bits per heavy atom. The van der Waals surface area contributed by atoms with Crippen molar-refractivity contribution < 1.29 is 14.4 Å². The van der Waals surface area contributed by atoms with Crippen LogP contribution in [0.15, 0.2) is 48.5 Å². The molecule has 0 saturated carbocycles. The van der Waals surface area contributed by atoms with Crippen LogP contribution < -0.4 is 20.4 Å². The van der Waals surface area contributed by atoms with Gasteiger partial charge in [-0.2, -0.15) is 0 Å². The maximum absolute atomic E-state index is 12.7. The zero-order valence-corrected chi connectivity index (χ0v) is 17.2. The summed E-state index contributed by atoms with van der Waals surface area (Å²) in [5.74, 6) is -0.232. The van der Waals surface area contributed by atoms with Crippen molar-refractivity contribution in [3.63, 3.8) is 0 Å². The number of rotatable bonds is 5. The summed E-state index contributed by atoms with van der Waals surface area (Å²) < 4.78 is 0. The molecular weight excluding hydrogens is 380 g/mol. The van der Waals surface area contributed by atoms with E-state index in [1.165, 1.54) is 5.56 Å². The topological polar surface area (TPSA) is 81.8 Å². The van der Waals surface area contributed by atoms with Gasteiger partial charge in [0.1, 0.15) is 0 Å². The van der Waals surface area contributed by atoms with Crippen molar-refractivity contribution in [3.05, 3.63) is 54.1 Å². The van der Waals surface area contributed by atoms with Gasteiger partial charge in [0.25, 0.3) is 0 Å². The Morgan fingerprint density at radius 3 is 2.50 bits per heavy atom. The summed E-state index contributed by atoms with van der Waals surface area (Å²) >= 11 is 0. The highest BCUT2D eigenvalue weighted by molar-refractivity contribution is 6.03. The van der Waals surface area contributed by atoms with Crippen LogP contribution in [0.1, 0.15) is 31.7 Å². The molecule has 0 unspecified atom stereocenters. The molecule has 0 spiro atoms. The number of hydrogen-bond donors (Lipinski definition) is 2. The van der Waals surface area contributed by atoms with Gasteiger partial charge in [0, 0.05) is 43.1 Å². The van der Waals surface area contributed by atoms with Gasteiger partial charge in [-0.05, 0) is 47.9 Å². The zero-order valence-electron chi connectivity index (χ0n) is 17.2. The first-order chi connectivity index (χ1) is 14.4. The quantitative estimate of drug-likeness (QED) is 0.799. The van der Waals surface area contributed by atoms with Crippen molar-refractivity contribution in [2.45, 2.75) is 26.2 Å². The van der Waals surface area contributed by atoms with Gasteiger partial charge < -0.3 is 15.5 Å². The molecule has 2 fully saturated rings. The number of nitrogens with zero attached hydrogens (tertiary/aromatic N) is 2. The van der Waals surface area contributed by atoms with E-state index in [1.807, 2.05) is 36.4 Å². The molecule has 0 radical (unpaired) electrons. The molecule has 4 amide bonds. The number of nitrogens with one attached hydrogen (secondary N) is 2. The fourth-order valence-electron chi connectivity index (χ4n) is 3.87. The predicted molar refractivity (Wildman–Crippen MR) is 117 cm³/mol. The molecule has 7 nitrogen and oxygen atoms in total. The molecule has 2 aliphatic heterocycles. The summed E-state index contributed by atoms with van der Waals surface area (Å²) in [6.45, 7) is 5.86. The lowest BCUT2D eigenvalue weighted by Gasteiger charge is -2.18. The van der Waals surface area contributed by atoms with Gasteiger partial charge in [0.2, 0.25) is 11.8 Å². The first-order valence-corrected chi connectivity index (χ1v) is 10.3. The van der Waals surface area contributed by atoms with Crippen molar-refractivity contribution >= 4 is 34.9 Å². The SMILES string of the molecule is CC(C)c1cccc(N2C[C@H](C(=O)Nc3ccc(N4CCNC4=O)cc3)CC2=O)c1. The molecule has 2 aromatic rings. The number of benzene rings is 2. The summed E-state index contributed by atoms with van der Waals surface area (Å²) in [4.78, 5) is 40.4. The second-order valence-electron chi connectivity index (χ2n) is 8.07. The minimum absolute atomic E-state index is 0.0357. The largest absolute Gasteiger partial charge is 0.336 e. The Labute approximate surface area is 176 Å². The molecule has 0 bridgehead atoms. The van der Waals surface area contributed by atoms with E-state index in [1.54, 1.807) is 21.9 Å². The fourth-order valence-corrected chi connectivity index (χ4v) is 3.87. The summed E-state index contributed by atoms with van der Waals surface area (Å²) in [5.41, 5.74) is 3.45. The highest BCUT2D eigenvalue weighted by Gasteiger charge is 2.35. The summed E-state index contributed by atoms with van der Waals surface area (Å²) in [6, 6.07) is 15.0. The molecule has 0 aliphatic carbocycles. The Balaban J connectivity index is 1.40. The molecule has 1 atom stereocenters. The van der Waals surface area contributed by atoms with Crippen molar-refractivity contribution in [1.29, 1.82) is 0 Å². The smallest absolute Gasteiger partial charge is 0.321 e. The predicted octanol–water partition coefficient (Wildman–Crippen LogP) is 3.33. The van der Waals surface area contributed by atoms with Crippen LogP contribution in [-0.2, 0) is 9.59 Å². The van der Waals surface area contributed by atoms with Crippen LogP contribution in [0, 0.1) is 5.92 Å². The molecule has 2 N–H and O–H groups in total. The fraction of sp³-hybridized carbons (Fsp3) is 0.348. The number of amides is 4. The average molecular weight is 406 g/mol. The van der Waals surface area contributed by atoms with E-state index in [-0.39, 0.29) is 24.3 Å². The number of carbonyl (C=O) groups is 3. The van der Waals surface area contributed by atoms with Crippen molar-refractivity contribution in [3.8, 4) is 0 Å². The lowest BCUT2D eigenvalue weighted by atomic mass is 10.0. The average Bonchev–Trinajstić information content (AvgIpc) is 3.34. The first kappa shape index (κ1) is 19.9. The minimum Gasteiger partial charge on any atom is -0.336 e. The Kier molecular flexibility index (Phi) is 5.44. The molecule has 0 aromatic heterocycles. The Morgan fingerprint density at radius 1 is 1.07 bits per heavy atom. The minimum atomic E-state index is -0.399. The van der Waals surface area contributed by atoms with Crippen LogP contribution in [0.3, 0.4) is 0 Å². The Hall–Kier alpha value is -3.35. The highest BCUT2D eigenvalue weighted by Crippen LogP contribution is 2.29. The van der Waals surface area contributed by atoms with E-state index in [2.05, 4.69) is 24.5 Å². The summed E-state index contributed by atoms with van der Waals surface area (Å²) in [5, 5.41) is 5.66. The third kappa shape index (κ3) is 4.01.